The molecule has 2 aromatic carbocycles. The predicted octanol–water partition coefficient (Wildman–Crippen LogP) is 3.98. The van der Waals surface area contributed by atoms with Gasteiger partial charge >= 0.3 is 0 Å². The largest absolute Gasteiger partial charge is 0.496 e. The molecule has 4 rings (SSSR count). The van der Waals surface area contributed by atoms with Gasteiger partial charge in [0.05, 0.1) is 30.5 Å². The molecule has 0 aromatic heterocycles. The molecule has 0 saturated carbocycles. The van der Waals surface area contributed by atoms with Gasteiger partial charge < -0.3 is 10.5 Å². The highest BCUT2D eigenvalue weighted by Gasteiger charge is 2.54. The van der Waals surface area contributed by atoms with E-state index in [4.69, 9.17) is 10.5 Å². The van der Waals surface area contributed by atoms with Crippen molar-refractivity contribution >= 4 is 10.8 Å². The Morgan fingerprint density at radius 2 is 1.84 bits per heavy atom. The van der Waals surface area contributed by atoms with E-state index in [0.717, 1.165) is 47.2 Å². The molecule has 0 amide bonds. The number of hydrogen-bond donors (Lipinski definition) is 1. The molecule has 0 fully saturated rings. The molecule has 1 aliphatic carbocycles. The quantitative estimate of drug-likeness (QED) is 0.796. The Hall–Kier alpha value is -3.79. The standard InChI is InChI=1S/C26H25N5O/c1-3-11-31-12-10-18-21(13-27)25(30)26(15-28,16-29)24(22(18)14-31)20-8-9-23(32-2)19-7-5-4-6-17(19)20/h4-10,22,24H,3,11-12,14,30H2,1-2H3/t22-,24-/m1/s1. The number of ether oxygens (including phenoxy) is 1. The van der Waals surface area contributed by atoms with Crippen molar-refractivity contribution in [2.45, 2.75) is 19.3 Å². The molecule has 1 aliphatic heterocycles. The van der Waals surface area contributed by atoms with Gasteiger partial charge in [-0.1, -0.05) is 43.3 Å². The molecule has 2 aliphatic rings. The summed E-state index contributed by atoms with van der Waals surface area (Å²) in [6, 6.07) is 18.3. The second-order valence-electron chi connectivity index (χ2n) is 8.34. The molecular formula is C26H25N5O. The Kier molecular flexibility index (Phi) is 5.62. The van der Waals surface area contributed by atoms with Crippen molar-refractivity contribution in [3.8, 4) is 24.0 Å². The fraction of sp³-hybridized carbons (Fsp3) is 0.346. The monoisotopic (exact) mass is 423 g/mol. The summed E-state index contributed by atoms with van der Waals surface area (Å²) in [5.41, 5.74) is 6.87. The highest BCUT2D eigenvalue weighted by molar-refractivity contribution is 5.92. The molecular weight excluding hydrogens is 398 g/mol. The average Bonchev–Trinajstić information content (AvgIpc) is 2.83. The molecule has 2 atom stereocenters. The maximum absolute atomic E-state index is 10.3. The SMILES string of the molecule is CCCN1CC=C2C(C#N)=C(N)C(C#N)(C#N)[C@H](c3ccc(OC)c4ccccc34)[C@@H]2C1. The molecule has 0 radical (unpaired) electrons. The topological polar surface area (TPSA) is 110 Å². The number of methoxy groups -OCH3 is 1. The molecule has 6 heteroatoms. The first-order valence-corrected chi connectivity index (χ1v) is 10.8. The maximum Gasteiger partial charge on any atom is 0.191 e. The summed E-state index contributed by atoms with van der Waals surface area (Å²) in [4.78, 5) is 2.31. The molecule has 6 nitrogen and oxygen atoms in total. The van der Waals surface area contributed by atoms with Crippen LogP contribution in [0.1, 0.15) is 24.8 Å². The van der Waals surface area contributed by atoms with Crippen LogP contribution in [0.3, 0.4) is 0 Å². The van der Waals surface area contributed by atoms with Gasteiger partial charge in [-0.25, -0.2) is 0 Å². The Balaban J connectivity index is 2.05. The van der Waals surface area contributed by atoms with Gasteiger partial charge in [0.2, 0.25) is 0 Å². The number of rotatable bonds is 4. The van der Waals surface area contributed by atoms with Crippen LogP contribution in [-0.4, -0.2) is 31.6 Å². The van der Waals surface area contributed by atoms with E-state index < -0.39 is 11.3 Å². The Bertz CT molecular complexity index is 1240. The van der Waals surface area contributed by atoms with Gasteiger partial charge in [0.15, 0.2) is 5.41 Å². The predicted molar refractivity (Wildman–Crippen MR) is 122 cm³/mol. The van der Waals surface area contributed by atoms with Crippen LogP contribution in [0.25, 0.3) is 10.8 Å². The van der Waals surface area contributed by atoms with Gasteiger partial charge in [-0.2, -0.15) is 15.8 Å². The van der Waals surface area contributed by atoms with Crippen molar-refractivity contribution < 1.29 is 4.74 Å². The second kappa shape index (κ2) is 8.39. The maximum atomic E-state index is 10.3. The third kappa shape index (κ3) is 3.02. The van der Waals surface area contributed by atoms with Gasteiger partial charge in [-0.05, 0) is 35.6 Å². The average molecular weight is 424 g/mol. The number of benzene rings is 2. The zero-order chi connectivity index (χ0) is 22.9. The van der Waals surface area contributed by atoms with Crippen LogP contribution >= 0.6 is 0 Å². The van der Waals surface area contributed by atoms with Crippen molar-refractivity contribution in [1.82, 2.24) is 4.90 Å². The first-order valence-electron chi connectivity index (χ1n) is 10.8. The summed E-state index contributed by atoms with van der Waals surface area (Å²) < 4.78 is 5.56. The number of allylic oxidation sites excluding steroid dienone is 2. The van der Waals surface area contributed by atoms with Crippen molar-refractivity contribution in [2.75, 3.05) is 26.7 Å². The summed E-state index contributed by atoms with van der Waals surface area (Å²) in [5, 5.41) is 32.4. The van der Waals surface area contributed by atoms with Crippen molar-refractivity contribution in [3.05, 3.63) is 64.9 Å². The summed E-state index contributed by atoms with van der Waals surface area (Å²) in [5.74, 6) is 0.0117. The van der Waals surface area contributed by atoms with Crippen molar-refractivity contribution in [3.63, 3.8) is 0 Å². The molecule has 0 unspecified atom stereocenters. The van der Waals surface area contributed by atoms with Crippen LogP contribution in [0.5, 0.6) is 5.75 Å². The normalized spacial score (nSPS) is 22.3. The zero-order valence-electron chi connectivity index (χ0n) is 18.3. The van der Waals surface area contributed by atoms with E-state index in [-0.39, 0.29) is 17.2 Å². The third-order valence-electron chi connectivity index (χ3n) is 6.75. The molecule has 0 saturated heterocycles. The van der Waals surface area contributed by atoms with E-state index in [1.54, 1.807) is 7.11 Å². The molecule has 32 heavy (non-hydrogen) atoms. The van der Waals surface area contributed by atoms with Gasteiger partial charge in [-0.3, -0.25) is 4.90 Å². The van der Waals surface area contributed by atoms with Crippen molar-refractivity contribution in [2.24, 2.45) is 17.1 Å². The van der Waals surface area contributed by atoms with Gasteiger partial charge in [-0.15, -0.1) is 0 Å². The second-order valence-corrected chi connectivity index (χ2v) is 8.34. The fourth-order valence-electron chi connectivity index (χ4n) is 5.33. The Morgan fingerprint density at radius 1 is 1.12 bits per heavy atom. The van der Waals surface area contributed by atoms with E-state index in [1.165, 1.54) is 0 Å². The van der Waals surface area contributed by atoms with E-state index in [0.29, 0.717) is 6.54 Å². The number of hydrogen-bond acceptors (Lipinski definition) is 6. The van der Waals surface area contributed by atoms with Crippen LogP contribution in [0, 0.1) is 45.3 Å². The lowest BCUT2D eigenvalue weighted by Crippen LogP contribution is -2.48. The van der Waals surface area contributed by atoms with E-state index in [1.807, 2.05) is 42.5 Å². The summed E-state index contributed by atoms with van der Waals surface area (Å²) in [7, 11) is 1.63. The highest BCUT2D eigenvalue weighted by atomic mass is 16.5. The number of nitrogens with zero attached hydrogens (tertiary/aromatic N) is 4. The first kappa shape index (κ1) is 21.4. The van der Waals surface area contributed by atoms with Crippen LogP contribution in [-0.2, 0) is 0 Å². The molecule has 1 heterocycles. The van der Waals surface area contributed by atoms with Crippen LogP contribution in [0.2, 0.25) is 0 Å². The Morgan fingerprint density at radius 3 is 2.47 bits per heavy atom. The molecule has 0 bridgehead atoms. The third-order valence-corrected chi connectivity index (χ3v) is 6.75. The lowest BCUT2D eigenvalue weighted by Gasteiger charge is -2.46. The first-order chi connectivity index (χ1) is 15.6. The highest BCUT2D eigenvalue weighted by Crippen LogP contribution is 2.55. The van der Waals surface area contributed by atoms with Gasteiger partial charge in [0.25, 0.3) is 0 Å². The Labute approximate surface area is 188 Å². The van der Waals surface area contributed by atoms with Gasteiger partial charge in [0.1, 0.15) is 11.8 Å². The number of nitrogens with two attached hydrogens (primary N) is 1. The van der Waals surface area contributed by atoms with Gasteiger partial charge in [0, 0.05) is 30.3 Å². The van der Waals surface area contributed by atoms with E-state index in [2.05, 4.69) is 30.0 Å². The summed E-state index contributed by atoms with van der Waals surface area (Å²) in [6.07, 6.45) is 3.05. The fourth-order valence-corrected chi connectivity index (χ4v) is 5.33. The minimum atomic E-state index is -1.64. The molecule has 2 aromatic rings. The minimum Gasteiger partial charge on any atom is -0.496 e. The van der Waals surface area contributed by atoms with Crippen LogP contribution in [0.4, 0.5) is 0 Å². The lowest BCUT2D eigenvalue weighted by atomic mass is 9.57. The van der Waals surface area contributed by atoms with E-state index in [9.17, 15) is 15.8 Å². The van der Waals surface area contributed by atoms with E-state index >= 15 is 0 Å². The number of fused-ring (bicyclic) bond motifs is 2. The summed E-state index contributed by atoms with van der Waals surface area (Å²) in [6.45, 7) is 4.42. The molecule has 0 spiro atoms. The smallest absolute Gasteiger partial charge is 0.191 e. The molecule has 2 N–H and O–H groups in total. The zero-order valence-corrected chi connectivity index (χ0v) is 18.3. The number of nitriles is 3. The molecule has 160 valence electrons. The van der Waals surface area contributed by atoms with Crippen LogP contribution < -0.4 is 10.5 Å². The summed E-state index contributed by atoms with van der Waals surface area (Å²) >= 11 is 0. The van der Waals surface area contributed by atoms with Crippen LogP contribution in [0.15, 0.2) is 59.3 Å². The minimum absolute atomic E-state index is 0.0568. The van der Waals surface area contributed by atoms with Crippen molar-refractivity contribution in [1.29, 1.82) is 15.8 Å². The lowest BCUT2D eigenvalue weighted by molar-refractivity contribution is 0.208.